The Hall–Kier alpha value is -0.920. The number of rotatable bonds is 9. The molecule has 0 saturated carbocycles. The summed E-state index contributed by atoms with van der Waals surface area (Å²) < 4.78 is 27.6. The fourth-order valence-corrected chi connectivity index (χ4v) is 2.91. The Kier molecular flexibility index (Phi) is 6.64. The van der Waals surface area contributed by atoms with Crippen molar-refractivity contribution < 1.29 is 8.42 Å². The van der Waals surface area contributed by atoms with Gasteiger partial charge in [0.1, 0.15) is 4.90 Å². The van der Waals surface area contributed by atoms with Gasteiger partial charge in [0.2, 0.25) is 10.0 Å². The summed E-state index contributed by atoms with van der Waals surface area (Å²) in [6.45, 7) is 8.15. The monoisotopic (exact) mass is 302 g/mol. The summed E-state index contributed by atoms with van der Waals surface area (Å²) in [6, 6.07) is 0.411. The van der Waals surface area contributed by atoms with Crippen molar-refractivity contribution >= 4 is 10.0 Å². The zero-order chi connectivity index (χ0) is 15.2. The summed E-state index contributed by atoms with van der Waals surface area (Å²) in [7, 11) is -1.79. The highest BCUT2D eigenvalue weighted by Gasteiger charge is 2.21. The third kappa shape index (κ3) is 4.88. The van der Waals surface area contributed by atoms with Crippen LogP contribution in [0.25, 0.3) is 0 Å². The molecule has 1 N–H and O–H groups in total. The van der Waals surface area contributed by atoms with Crippen LogP contribution in [0, 0.1) is 0 Å². The maximum atomic E-state index is 12.3. The molecule has 0 atom stereocenters. The van der Waals surface area contributed by atoms with Crippen molar-refractivity contribution in [2.45, 2.75) is 51.1 Å². The molecule has 1 aromatic rings. The molecule has 20 heavy (non-hydrogen) atoms. The molecule has 0 bridgehead atoms. The molecule has 0 aliphatic carbocycles. The zero-order valence-corrected chi connectivity index (χ0v) is 13.7. The van der Waals surface area contributed by atoms with Gasteiger partial charge in [-0.15, -0.1) is 0 Å². The summed E-state index contributed by atoms with van der Waals surface area (Å²) in [5, 5.41) is 7.38. The molecule has 0 fully saturated rings. The van der Waals surface area contributed by atoms with Crippen LogP contribution in [-0.2, 0) is 16.6 Å². The van der Waals surface area contributed by atoms with E-state index in [0.29, 0.717) is 19.1 Å². The number of hydrogen-bond donors (Lipinski definition) is 1. The molecule has 0 amide bonds. The molecule has 6 nitrogen and oxygen atoms in total. The van der Waals surface area contributed by atoms with Gasteiger partial charge in [-0.2, -0.15) is 5.10 Å². The number of aromatic nitrogens is 2. The number of unbranched alkanes of at least 4 members (excludes halogenated alkanes) is 1. The average Bonchev–Trinajstić information content (AvgIpc) is 2.84. The molecule has 7 heteroatoms. The minimum atomic E-state index is -3.40. The Morgan fingerprint density at radius 1 is 1.45 bits per heavy atom. The molecular weight excluding hydrogens is 276 g/mol. The lowest BCUT2D eigenvalue weighted by Crippen LogP contribution is -2.28. The van der Waals surface area contributed by atoms with E-state index in [9.17, 15) is 8.42 Å². The van der Waals surface area contributed by atoms with Crippen LogP contribution >= 0.6 is 0 Å². The first-order valence-corrected chi connectivity index (χ1v) is 8.54. The molecule has 1 heterocycles. The first-order valence-electron chi connectivity index (χ1n) is 7.10. The molecule has 0 aliphatic heterocycles. The Morgan fingerprint density at radius 3 is 2.75 bits per heavy atom. The molecule has 0 saturated heterocycles. The lowest BCUT2D eigenvalue weighted by Gasteiger charge is -2.15. The van der Waals surface area contributed by atoms with Gasteiger partial charge in [0.15, 0.2) is 0 Å². The zero-order valence-electron chi connectivity index (χ0n) is 12.8. The molecule has 0 aliphatic rings. The van der Waals surface area contributed by atoms with E-state index in [2.05, 4.69) is 24.3 Å². The highest BCUT2D eigenvalue weighted by molar-refractivity contribution is 7.89. The van der Waals surface area contributed by atoms with E-state index >= 15 is 0 Å². The lowest BCUT2D eigenvalue weighted by molar-refractivity contribution is 0.459. The first-order chi connectivity index (χ1) is 9.37. The molecule has 116 valence electrons. The van der Waals surface area contributed by atoms with Crippen molar-refractivity contribution in [2.24, 2.45) is 0 Å². The Labute approximate surface area is 122 Å². The first kappa shape index (κ1) is 17.1. The van der Waals surface area contributed by atoms with Crippen molar-refractivity contribution in [3.05, 3.63) is 12.4 Å². The maximum absolute atomic E-state index is 12.3. The molecule has 0 spiro atoms. The van der Waals surface area contributed by atoms with Gasteiger partial charge in [-0.25, -0.2) is 12.7 Å². The summed E-state index contributed by atoms with van der Waals surface area (Å²) in [5.74, 6) is 0. The Morgan fingerprint density at radius 2 is 2.15 bits per heavy atom. The predicted octanol–water partition coefficient (Wildman–Crippen LogP) is 1.30. The predicted molar refractivity (Wildman–Crippen MR) is 80.1 cm³/mol. The quantitative estimate of drug-likeness (QED) is 0.746. The number of sulfonamides is 1. The smallest absolute Gasteiger partial charge is 0.245 e. The number of hydrogen-bond acceptors (Lipinski definition) is 4. The number of nitrogens with zero attached hydrogens (tertiary/aromatic N) is 3. The average molecular weight is 302 g/mol. The van der Waals surface area contributed by atoms with E-state index in [1.807, 2.05) is 6.92 Å². The van der Waals surface area contributed by atoms with Gasteiger partial charge in [-0.3, -0.25) is 4.68 Å². The SMILES string of the molecule is CCCCN(C)S(=O)(=O)c1cnn(CCNC(C)C)c1. The van der Waals surface area contributed by atoms with Crippen molar-refractivity contribution in [3.8, 4) is 0 Å². The summed E-state index contributed by atoms with van der Waals surface area (Å²) in [4.78, 5) is 0.264. The minimum absolute atomic E-state index is 0.264. The van der Waals surface area contributed by atoms with Gasteiger partial charge in [-0.1, -0.05) is 27.2 Å². The normalized spacial score (nSPS) is 12.5. The summed E-state index contributed by atoms with van der Waals surface area (Å²) >= 11 is 0. The molecule has 0 aromatic carbocycles. The Balaban J connectivity index is 2.65. The maximum Gasteiger partial charge on any atom is 0.245 e. The minimum Gasteiger partial charge on any atom is -0.313 e. The second kappa shape index (κ2) is 7.75. The van der Waals surface area contributed by atoms with Gasteiger partial charge < -0.3 is 5.32 Å². The summed E-state index contributed by atoms with van der Waals surface area (Å²) in [6.07, 6.45) is 4.86. The molecule has 1 rings (SSSR count). The molecule has 0 unspecified atom stereocenters. The van der Waals surface area contributed by atoms with Gasteiger partial charge in [0.05, 0.1) is 12.7 Å². The van der Waals surface area contributed by atoms with Crippen LogP contribution in [0.15, 0.2) is 17.3 Å². The molecular formula is C13H26N4O2S. The van der Waals surface area contributed by atoms with Crippen molar-refractivity contribution in [3.63, 3.8) is 0 Å². The van der Waals surface area contributed by atoms with Crippen LogP contribution in [0.3, 0.4) is 0 Å². The van der Waals surface area contributed by atoms with Gasteiger partial charge in [0.25, 0.3) is 0 Å². The van der Waals surface area contributed by atoms with E-state index < -0.39 is 10.0 Å². The fraction of sp³-hybridized carbons (Fsp3) is 0.769. The second-order valence-electron chi connectivity index (χ2n) is 5.23. The molecule has 1 aromatic heterocycles. The van der Waals surface area contributed by atoms with E-state index in [1.165, 1.54) is 10.5 Å². The van der Waals surface area contributed by atoms with E-state index in [0.717, 1.165) is 19.4 Å². The van der Waals surface area contributed by atoms with Crippen LogP contribution < -0.4 is 5.32 Å². The number of nitrogens with one attached hydrogen (secondary N) is 1. The molecule has 0 radical (unpaired) electrons. The fourth-order valence-electron chi connectivity index (χ4n) is 1.75. The second-order valence-corrected chi connectivity index (χ2v) is 7.27. The van der Waals surface area contributed by atoms with E-state index in [1.54, 1.807) is 17.9 Å². The van der Waals surface area contributed by atoms with Gasteiger partial charge >= 0.3 is 0 Å². The van der Waals surface area contributed by atoms with Crippen LogP contribution in [0.4, 0.5) is 0 Å². The van der Waals surface area contributed by atoms with E-state index in [-0.39, 0.29) is 4.90 Å². The van der Waals surface area contributed by atoms with Crippen LogP contribution in [-0.4, -0.2) is 48.7 Å². The lowest BCUT2D eigenvalue weighted by atomic mass is 10.3. The standard InChI is InChI=1S/C13H26N4O2S/c1-5-6-8-16(4)20(18,19)13-10-15-17(11-13)9-7-14-12(2)3/h10-12,14H,5-9H2,1-4H3. The van der Waals surface area contributed by atoms with Crippen LogP contribution in [0.5, 0.6) is 0 Å². The van der Waals surface area contributed by atoms with Crippen LogP contribution in [0.1, 0.15) is 33.6 Å². The van der Waals surface area contributed by atoms with Gasteiger partial charge in [0, 0.05) is 32.4 Å². The van der Waals surface area contributed by atoms with E-state index in [4.69, 9.17) is 0 Å². The van der Waals surface area contributed by atoms with Crippen molar-refractivity contribution in [1.82, 2.24) is 19.4 Å². The third-order valence-electron chi connectivity index (χ3n) is 3.04. The summed E-state index contributed by atoms with van der Waals surface area (Å²) in [5.41, 5.74) is 0. The van der Waals surface area contributed by atoms with Crippen LogP contribution in [0.2, 0.25) is 0 Å². The topological polar surface area (TPSA) is 67.2 Å². The largest absolute Gasteiger partial charge is 0.313 e. The van der Waals surface area contributed by atoms with Crippen molar-refractivity contribution in [1.29, 1.82) is 0 Å². The Bertz CT molecular complexity index is 496. The van der Waals surface area contributed by atoms with Crippen molar-refractivity contribution in [2.75, 3.05) is 20.1 Å². The highest BCUT2D eigenvalue weighted by Crippen LogP contribution is 2.13. The highest BCUT2D eigenvalue weighted by atomic mass is 32.2. The van der Waals surface area contributed by atoms with Gasteiger partial charge in [-0.05, 0) is 6.42 Å². The third-order valence-corrected chi connectivity index (χ3v) is 4.85.